The Hall–Kier alpha value is -2.75. The molecule has 2 N–H and O–H groups in total. The first-order valence-corrected chi connectivity index (χ1v) is 8.91. The summed E-state index contributed by atoms with van der Waals surface area (Å²) in [5.74, 6) is -1.55. The van der Waals surface area contributed by atoms with Crippen LogP contribution in [-0.2, 0) is 18.0 Å². The highest BCUT2D eigenvalue weighted by Gasteiger charge is 2.43. The maximum atomic E-state index is 13.3. The summed E-state index contributed by atoms with van der Waals surface area (Å²) in [4.78, 5) is 13.7. The van der Waals surface area contributed by atoms with Gasteiger partial charge < -0.3 is 15.1 Å². The summed E-state index contributed by atoms with van der Waals surface area (Å²) in [6.07, 6.45) is -10.1. The van der Waals surface area contributed by atoms with Gasteiger partial charge in [0.25, 0.3) is 5.91 Å². The lowest BCUT2D eigenvalue weighted by molar-refractivity contribution is -0.141. The molecule has 0 atom stereocenters. The van der Waals surface area contributed by atoms with Crippen LogP contribution in [0.1, 0.15) is 39.9 Å². The minimum absolute atomic E-state index is 0.255. The van der Waals surface area contributed by atoms with E-state index in [4.69, 9.17) is 0 Å². The number of carbonyl (C=O) groups excluding carboxylic acids is 1. The molecule has 0 aromatic heterocycles. The molecule has 2 aromatic carbocycles. The van der Waals surface area contributed by atoms with Gasteiger partial charge in [-0.15, -0.1) is 0 Å². The van der Waals surface area contributed by atoms with Crippen LogP contribution < -0.4 is 0 Å². The zero-order chi connectivity index (χ0) is 22.3. The van der Waals surface area contributed by atoms with E-state index in [1.165, 1.54) is 12.1 Å². The first-order valence-electron chi connectivity index (χ1n) is 8.91. The van der Waals surface area contributed by atoms with Gasteiger partial charge in [-0.2, -0.15) is 26.3 Å². The second kappa shape index (κ2) is 7.50. The quantitative estimate of drug-likeness (QED) is 0.683. The van der Waals surface area contributed by atoms with Crippen molar-refractivity contribution >= 4 is 5.91 Å². The predicted octanol–water partition coefficient (Wildman–Crippen LogP) is 4.55. The number of benzene rings is 2. The van der Waals surface area contributed by atoms with Gasteiger partial charge in [-0.25, -0.2) is 0 Å². The minimum Gasteiger partial charge on any atom is -0.508 e. The van der Waals surface area contributed by atoms with Crippen LogP contribution in [0.25, 0.3) is 0 Å². The summed E-state index contributed by atoms with van der Waals surface area (Å²) < 4.78 is 79.5. The first-order chi connectivity index (χ1) is 13.8. The van der Waals surface area contributed by atoms with Crippen molar-refractivity contribution in [1.82, 2.24) is 4.90 Å². The van der Waals surface area contributed by atoms with Crippen molar-refractivity contribution in [3.63, 3.8) is 0 Å². The number of phenolic OH excluding ortho intramolecular Hbond substituents is 1. The lowest BCUT2D eigenvalue weighted by Crippen LogP contribution is -2.46. The van der Waals surface area contributed by atoms with E-state index in [9.17, 15) is 41.4 Å². The van der Waals surface area contributed by atoms with Gasteiger partial charge in [0.05, 0.1) is 22.3 Å². The summed E-state index contributed by atoms with van der Waals surface area (Å²) >= 11 is 0. The fourth-order valence-electron chi connectivity index (χ4n) is 3.61. The number of phenols is 1. The van der Waals surface area contributed by atoms with Gasteiger partial charge in [0.15, 0.2) is 0 Å². The van der Waals surface area contributed by atoms with E-state index in [1.807, 2.05) is 0 Å². The Morgan fingerprint density at radius 3 is 2.03 bits per heavy atom. The van der Waals surface area contributed by atoms with E-state index >= 15 is 0 Å². The average molecular weight is 433 g/mol. The van der Waals surface area contributed by atoms with Crippen LogP contribution in [0.5, 0.6) is 5.75 Å². The lowest BCUT2D eigenvalue weighted by Gasteiger charge is -2.39. The zero-order valence-corrected chi connectivity index (χ0v) is 15.4. The van der Waals surface area contributed by atoms with Crippen molar-refractivity contribution in [2.45, 2.75) is 30.8 Å². The molecule has 0 spiro atoms. The number of alkyl halides is 6. The fraction of sp³-hybridized carbons (Fsp3) is 0.350. The summed E-state index contributed by atoms with van der Waals surface area (Å²) in [5, 5.41) is 20.3. The summed E-state index contributed by atoms with van der Waals surface area (Å²) in [7, 11) is 0. The van der Waals surface area contributed by atoms with Gasteiger partial charge in [-0.1, -0.05) is 18.2 Å². The summed E-state index contributed by atoms with van der Waals surface area (Å²) in [5.41, 5.74) is -5.20. The molecule has 0 unspecified atom stereocenters. The van der Waals surface area contributed by atoms with Crippen LogP contribution in [0.15, 0.2) is 42.5 Å². The number of nitrogens with zero attached hydrogens (tertiary/aromatic N) is 1. The van der Waals surface area contributed by atoms with E-state index < -0.39 is 46.3 Å². The monoisotopic (exact) mass is 433 g/mol. The topological polar surface area (TPSA) is 60.8 Å². The van der Waals surface area contributed by atoms with Crippen molar-refractivity contribution in [2.75, 3.05) is 13.1 Å². The van der Waals surface area contributed by atoms with Crippen molar-refractivity contribution in [3.8, 4) is 5.75 Å². The Morgan fingerprint density at radius 2 is 1.47 bits per heavy atom. The number of aliphatic hydroxyl groups is 1. The molecule has 4 nitrogen and oxygen atoms in total. The van der Waals surface area contributed by atoms with Gasteiger partial charge in [0.1, 0.15) is 5.75 Å². The highest BCUT2D eigenvalue weighted by molar-refractivity contribution is 5.96. The van der Waals surface area contributed by atoms with E-state index in [1.54, 1.807) is 0 Å². The van der Waals surface area contributed by atoms with Crippen LogP contribution in [0.3, 0.4) is 0 Å². The number of hydrogen-bond donors (Lipinski definition) is 2. The third-order valence-electron chi connectivity index (χ3n) is 5.15. The molecule has 3 rings (SSSR count). The number of carbonyl (C=O) groups is 1. The molecule has 1 aliphatic heterocycles. The molecule has 0 aliphatic carbocycles. The maximum Gasteiger partial charge on any atom is 0.417 e. The number of rotatable bonds is 2. The number of hydrogen-bond acceptors (Lipinski definition) is 3. The maximum absolute atomic E-state index is 13.3. The molecule has 0 saturated carbocycles. The van der Waals surface area contributed by atoms with Crippen LogP contribution in [0, 0.1) is 0 Å². The van der Waals surface area contributed by atoms with Gasteiger partial charge in [0.2, 0.25) is 0 Å². The van der Waals surface area contributed by atoms with Gasteiger partial charge in [-0.3, -0.25) is 4.79 Å². The minimum atomic E-state index is -4.83. The zero-order valence-electron chi connectivity index (χ0n) is 15.4. The van der Waals surface area contributed by atoms with Gasteiger partial charge in [-0.05, 0) is 42.7 Å². The Labute approximate surface area is 167 Å². The molecule has 1 aliphatic rings. The number of aromatic hydroxyl groups is 1. The van der Waals surface area contributed by atoms with Crippen LogP contribution >= 0.6 is 0 Å². The number of piperidine rings is 1. The van der Waals surface area contributed by atoms with Crippen LogP contribution in [0.4, 0.5) is 26.3 Å². The third kappa shape index (κ3) is 4.23. The van der Waals surface area contributed by atoms with E-state index in [2.05, 4.69) is 0 Å². The number of halogens is 6. The SMILES string of the molecule is O=C(c1cc(O)ccc1C(F)(F)F)N1CCC(O)(c2ccccc2C(F)(F)F)CC1. The smallest absolute Gasteiger partial charge is 0.417 e. The number of amides is 1. The fourth-order valence-corrected chi connectivity index (χ4v) is 3.61. The summed E-state index contributed by atoms with van der Waals surface area (Å²) in [6, 6.07) is 6.62. The van der Waals surface area contributed by atoms with Crippen molar-refractivity contribution in [1.29, 1.82) is 0 Å². The molecule has 1 heterocycles. The predicted molar refractivity (Wildman–Crippen MR) is 93.6 cm³/mol. The molecule has 0 radical (unpaired) electrons. The van der Waals surface area contributed by atoms with Crippen molar-refractivity contribution in [2.24, 2.45) is 0 Å². The van der Waals surface area contributed by atoms with Crippen molar-refractivity contribution in [3.05, 3.63) is 64.7 Å². The highest BCUT2D eigenvalue weighted by atomic mass is 19.4. The van der Waals surface area contributed by atoms with Crippen LogP contribution in [-0.4, -0.2) is 34.1 Å². The van der Waals surface area contributed by atoms with Gasteiger partial charge >= 0.3 is 12.4 Å². The molecule has 1 amide bonds. The Kier molecular flexibility index (Phi) is 5.48. The first kappa shape index (κ1) is 21.9. The average Bonchev–Trinajstić information content (AvgIpc) is 2.66. The van der Waals surface area contributed by atoms with Crippen LogP contribution in [0.2, 0.25) is 0 Å². The lowest BCUT2D eigenvalue weighted by atomic mass is 9.81. The van der Waals surface area contributed by atoms with E-state index in [0.29, 0.717) is 12.1 Å². The molecule has 1 saturated heterocycles. The molecule has 162 valence electrons. The number of likely N-dealkylation sites (tertiary alicyclic amines) is 1. The highest BCUT2D eigenvalue weighted by Crippen LogP contribution is 2.42. The summed E-state index contributed by atoms with van der Waals surface area (Å²) in [6.45, 7) is -0.511. The molecule has 10 heteroatoms. The molecule has 0 bridgehead atoms. The third-order valence-corrected chi connectivity index (χ3v) is 5.15. The molecular weight excluding hydrogens is 416 g/mol. The largest absolute Gasteiger partial charge is 0.508 e. The van der Waals surface area contributed by atoms with E-state index in [-0.39, 0.29) is 31.5 Å². The Morgan fingerprint density at radius 1 is 0.900 bits per heavy atom. The molecule has 1 fully saturated rings. The second-order valence-corrected chi connectivity index (χ2v) is 7.09. The van der Waals surface area contributed by atoms with Gasteiger partial charge in [0, 0.05) is 13.1 Å². The van der Waals surface area contributed by atoms with E-state index in [0.717, 1.165) is 23.1 Å². The molecule has 2 aromatic rings. The Balaban J connectivity index is 1.85. The Bertz CT molecular complexity index is 946. The second-order valence-electron chi connectivity index (χ2n) is 7.09. The standard InChI is InChI=1S/C20H17F6NO3/c21-19(22,23)14-6-5-12(28)11-13(14)17(29)27-9-7-18(30,8-10-27)15-3-1-2-4-16(15)20(24,25)26/h1-6,11,28,30H,7-10H2. The van der Waals surface area contributed by atoms with Crippen molar-refractivity contribution < 1.29 is 41.4 Å². The molecular formula is C20H17F6NO3. The molecule has 30 heavy (non-hydrogen) atoms. The normalized spacial score (nSPS) is 17.1.